The van der Waals surface area contributed by atoms with Crippen LogP contribution < -0.4 is 10.2 Å². The van der Waals surface area contributed by atoms with Gasteiger partial charge < -0.3 is 4.74 Å². The number of hydrogen-bond acceptors (Lipinski definition) is 4. The molecular weight excluding hydrogens is 384 g/mol. The maximum Gasteiger partial charge on any atom is 0.289 e. The zero-order valence-electron chi connectivity index (χ0n) is 13.4. The van der Waals surface area contributed by atoms with Gasteiger partial charge in [0.2, 0.25) is 0 Å². The van der Waals surface area contributed by atoms with Crippen LogP contribution >= 0.6 is 15.9 Å². The number of nitrogens with one attached hydrogen (secondary N) is 2. The van der Waals surface area contributed by atoms with Crippen molar-refractivity contribution in [3.05, 3.63) is 70.3 Å². The summed E-state index contributed by atoms with van der Waals surface area (Å²) in [6.45, 7) is 0. The van der Waals surface area contributed by atoms with Crippen molar-refractivity contribution in [3.8, 4) is 17.0 Å². The molecule has 0 unspecified atom stereocenters. The highest BCUT2D eigenvalue weighted by atomic mass is 79.9. The monoisotopic (exact) mass is 398 g/mol. The zero-order valence-corrected chi connectivity index (χ0v) is 14.9. The number of methoxy groups -OCH3 is 1. The number of ether oxygens (including phenoxy) is 1. The fraction of sp³-hybridized carbons (Fsp3) is 0.0556. The average Bonchev–Trinajstić information content (AvgIpc) is 3.13. The number of halogens is 1. The quantitative estimate of drug-likeness (QED) is 0.508. The molecule has 3 aromatic rings. The molecule has 25 heavy (non-hydrogen) atoms. The summed E-state index contributed by atoms with van der Waals surface area (Å²) in [6, 6.07) is 16.7. The van der Waals surface area contributed by atoms with Crippen molar-refractivity contribution in [2.45, 2.75) is 0 Å². The van der Waals surface area contributed by atoms with E-state index in [4.69, 9.17) is 4.74 Å². The van der Waals surface area contributed by atoms with Gasteiger partial charge in [-0.2, -0.15) is 10.2 Å². The summed E-state index contributed by atoms with van der Waals surface area (Å²) in [5, 5.41) is 10.8. The molecule has 2 aromatic carbocycles. The molecule has 0 fully saturated rings. The molecule has 3 rings (SSSR count). The van der Waals surface area contributed by atoms with Crippen LogP contribution in [0.5, 0.6) is 5.75 Å². The molecule has 0 aliphatic rings. The number of hydrogen-bond donors (Lipinski definition) is 2. The third-order valence-corrected chi connectivity index (χ3v) is 3.98. The number of rotatable bonds is 5. The molecule has 1 aromatic heterocycles. The van der Waals surface area contributed by atoms with Crippen molar-refractivity contribution in [3.63, 3.8) is 0 Å². The summed E-state index contributed by atoms with van der Waals surface area (Å²) < 4.78 is 6.29. The van der Waals surface area contributed by atoms with Crippen LogP contribution in [0.2, 0.25) is 0 Å². The van der Waals surface area contributed by atoms with E-state index in [1.54, 1.807) is 19.4 Å². The lowest BCUT2D eigenvalue weighted by Crippen LogP contribution is -2.17. The summed E-state index contributed by atoms with van der Waals surface area (Å²) in [5.41, 5.74) is 5.09. The number of nitrogens with zero attached hydrogens (tertiary/aromatic N) is 2. The maximum absolute atomic E-state index is 12.2. The normalized spacial score (nSPS) is 10.8. The minimum Gasteiger partial charge on any atom is -0.496 e. The lowest BCUT2D eigenvalue weighted by molar-refractivity contribution is 0.0950. The number of aromatic amines is 1. The van der Waals surface area contributed by atoms with Gasteiger partial charge in [0.15, 0.2) is 0 Å². The Balaban J connectivity index is 1.69. The molecule has 0 aliphatic carbocycles. The van der Waals surface area contributed by atoms with Crippen LogP contribution in [0.4, 0.5) is 0 Å². The van der Waals surface area contributed by atoms with Gasteiger partial charge in [0.25, 0.3) is 5.91 Å². The highest BCUT2D eigenvalue weighted by molar-refractivity contribution is 9.10. The largest absolute Gasteiger partial charge is 0.496 e. The fourth-order valence-corrected chi connectivity index (χ4v) is 2.47. The van der Waals surface area contributed by atoms with Gasteiger partial charge in [-0.25, -0.2) is 5.43 Å². The predicted molar refractivity (Wildman–Crippen MR) is 99.8 cm³/mol. The second-order valence-electron chi connectivity index (χ2n) is 5.12. The van der Waals surface area contributed by atoms with Crippen LogP contribution in [0.3, 0.4) is 0 Å². The zero-order chi connectivity index (χ0) is 17.6. The fourth-order valence-electron chi connectivity index (χ4n) is 2.21. The first-order valence-electron chi connectivity index (χ1n) is 7.45. The summed E-state index contributed by atoms with van der Waals surface area (Å²) >= 11 is 3.36. The Bertz CT molecular complexity index is 903. The van der Waals surface area contributed by atoms with Crippen LogP contribution in [0.1, 0.15) is 16.1 Å². The Hall–Kier alpha value is -2.93. The Labute approximate surface area is 153 Å². The van der Waals surface area contributed by atoms with Crippen molar-refractivity contribution >= 4 is 28.1 Å². The first kappa shape index (κ1) is 16.9. The molecule has 0 saturated heterocycles. The molecule has 0 aliphatic heterocycles. The maximum atomic E-state index is 12.2. The second-order valence-corrected chi connectivity index (χ2v) is 6.03. The number of hydrazone groups is 1. The topological polar surface area (TPSA) is 79.4 Å². The minimum atomic E-state index is -0.373. The molecule has 2 N–H and O–H groups in total. The van der Waals surface area contributed by atoms with Crippen molar-refractivity contribution in [1.82, 2.24) is 15.6 Å². The van der Waals surface area contributed by atoms with Gasteiger partial charge in [0.05, 0.1) is 19.0 Å². The van der Waals surface area contributed by atoms with Gasteiger partial charge in [-0.15, -0.1) is 0 Å². The SMILES string of the molecule is COc1ccccc1-c1cc(C(=O)NN=Cc2ccc(Br)cc2)[nH]n1. The number of carbonyl (C=O) groups is 1. The lowest BCUT2D eigenvalue weighted by atomic mass is 10.1. The molecule has 0 radical (unpaired) electrons. The van der Waals surface area contributed by atoms with E-state index in [1.165, 1.54) is 0 Å². The molecule has 7 heteroatoms. The van der Waals surface area contributed by atoms with Gasteiger partial charge in [0, 0.05) is 10.0 Å². The summed E-state index contributed by atoms with van der Waals surface area (Å²) in [7, 11) is 1.59. The van der Waals surface area contributed by atoms with Crippen molar-refractivity contribution < 1.29 is 9.53 Å². The van der Waals surface area contributed by atoms with Gasteiger partial charge in [-0.1, -0.05) is 40.2 Å². The Kier molecular flexibility index (Phi) is 5.25. The molecule has 0 spiro atoms. The molecule has 0 atom stereocenters. The van der Waals surface area contributed by atoms with Gasteiger partial charge >= 0.3 is 0 Å². The van der Waals surface area contributed by atoms with E-state index in [1.807, 2.05) is 48.5 Å². The Morgan fingerprint density at radius 2 is 2.00 bits per heavy atom. The first-order chi connectivity index (χ1) is 12.2. The number of aromatic nitrogens is 2. The summed E-state index contributed by atoms with van der Waals surface area (Å²) in [4.78, 5) is 12.2. The molecular formula is C18H15BrN4O2. The first-order valence-corrected chi connectivity index (χ1v) is 8.24. The van der Waals surface area contributed by atoms with E-state index < -0.39 is 0 Å². The Morgan fingerprint density at radius 1 is 1.24 bits per heavy atom. The van der Waals surface area contributed by atoms with E-state index >= 15 is 0 Å². The van der Waals surface area contributed by atoms with Crippen LogP contribution in [0, 0.1) is 0 Å². The summed E-state index contributed by atoms with van der Waals surface area (Å²) in [6.07, 6.45) is 1.57. The van der Waals surface area contributed by atoms with Crippen LogP contribution in [0.15, 0.2) is 64.2 Å². The Morgan fingerprint density at radius 3 is 2.76 bits per heavy atom. The highest BCUT2D eigenvalue weighted by Crippen LogP contribution is 2.28. The van der Waals surface area contributed by atoms with Gasteiger partial charge in [0.1, 0.15) is 11.4 Å². The third kappa shape index (κ3) is 4.13. The second kappa shape index (κ2) is 7.76. The van der Waals surface area contributed by atoms with Gasteiger partial charge in [-0.3, -0.25) is 9.89 Å². The van der Waals surface area contributed by atoms with Crippen LogP contribution in [0.25, 0.3) is 11.3 Å². The predicted octanol–water partition coefficient (Wildman–Crippen LogP) is 3.61. The van der Waals surface area contributed by atoms with Crippen LogP contribution in [-0.2, 0) is 0 Å². The molecule has 1 amide bonds. The summed E-state index contributed by atoms with van der Waals surface area (Å²) in [5.74, 6) is 0.316. The van der Waals surface area contributed by atoms with E-state index in [0.717, 1.165) is 15.6 Å². The van der Waals surface area contributed by atoms with E-state index in [-0.39, 0.29) is 5.91 Å². The minimum absolute atomic E-state index is 0.314. The standard InChI is InChI=1S/C18H15BrN4O2/c1-25-17-5-3-2-4-14(17)15-10-16(22-21-15)18(24)23-20-11-12-6-8-13(19)9-7-12/h2-11H,1H3,(H,21,22)(H,23,24). The molecule has 0 bridgehead atoms. The molecule has 1 heterocycles. The number of benzene rings is 2. The number of para-hydroxylation sites is 1. The van der Waals surface area contributed by atoms with E-state index in [0.29, 0.717) is 17.1 Å². The highest BCUT2D eigenvalue weighted by Gasteiger charge is 2.13. The van der Waals surface area contributed by atoms with E-state index in [2.05, 4.69) is 36.7 Å². The van der Waals surface area contributed by atoms with Crippen molar-refractivity contribution in [2.75, 3.05) is 7.11 Å². The number of carbonyl (C=O) groups excluding carboxylic acids is 1. The molecule has 0 saturated carbocycles. The van der Waals surface area contributed by atoms with Crippen LogP contribution in [-0.4, -0.2) is 29.4 Å². The smallest absolute Gasteiger partial charge is 0.289 e. The van der Waals surface area contributed by atoms with Crippen molar-refractivity contribution in [2.24, 2.45) is 5.10 Å². The molecule has 126 valence electrons. The lowest BCUT2D eigenvalue weighted by Gasteiger charge is -2.04. The van der Waals surface area contributed by atoms with E-state index in [9.17, 15) is 4.79 Å². The van der Waals surface area contributed by atoms with Gasteiger partial charge in [-0.05, 0) is 35.9 Å². The molecule has 6 nitrogen and oxygen atoms in total. The number of H-pyrrole nitrogens is 1. The number of amides is 1. The third-order valence-electron chi connectivity index (χ3n) is 3.46. The van der Waals surface area contributed by atoms with Crippen molar-refractivity contribution in [1.29, 1.82) is 0 Å². The average molecular weight is 399 g/mol.